The number of ketones is 1. The van der Waals surface area contributed by atoms with Gasteiger partial charge in [-0.3, -0.25) is 4.79 Å². The fourth-order valence-corrected chi connectivity index (χ4v) is 2.54. The lowest BCUT2D eigenvalue weighted by Crippen LogP contribution is -2.25. The van der Waals surface area contributed by atoms with Gasteiger partial charge in [-0.05, 0) is 25.3 Å². The van der Waals surface area contributed by atoms with E-state index in [2.05, 4.69) is 38.1 Å². The molecule has 1 aliphatic carbocycles. The molecule has 0 bridgehead atoms. The molecule has 1 aliphatic rings. The van der Waals surface area contributed by atoms with Crippen LogP contribution in [0.15, 0.2) is 24.3 Å². The van der Waals surface area contributed by atoms with Gasteiger partial charge < -0.3 is 0 Å². The van der Waals surface area contributed by atoms with Crippen LogP contribution in [0.1, 0.15) is 43.7 Å². The van der Waals surface area contributed by atoms with Crippen molar-refractivity contribution in [3.8, 4) is 0 Å². The Morgan fingerprint density at radius 3 is 2.31 bits per heavy atom. The third kappa shape index (κ3) is 2.34. The Morgan fingerprint density at radius 2 is 1.75 bits per heavy atom. The summed E-state index contributed by atoms with van der Waals surface area (Å²) in [5, 5.41) is 0. The van der Waals surface area contributed by atoms with Gasteiger partial charge in [-0.2, -0.15) is 0 Å². The maximum atomic E-state index is 12.2. The van der Waals surface area contributed by atoms with E-state index in [9.17, 15) is 4.79 Å². The zero-order chi connectivity index (χ0) is 11.6. The molecule has 0 radical (unpaired) electrons. The second-order valence-corrected chi connectivity index (χ2v) is 5.35. The van der Waals surface area contributed by atoms with E-state index in [0.717, 1.165) is 18.4 Å². The molecular weight excluding hydrogens is 196 g/mol. The summed E-state index contributed by atoms with van der Waals surface area (Å²) in [6, 6.07) is 8.32. The molecule has 0 atom stereocenters. The van der Waals surface area contributed by atoms with Crippen LogP contribution in [0, 0.1) is 12.3 Å². The Labute approximate surface area is 97.9 Å². The number of hydrogen-bond donors (Lipinski definition) is 0. The third-order valence-electron chi connectivity index (χ3n) is 3.87. The first-order valence-corrected chi connectivity index (χ1v) is 6.19. The Balaban J connectivity index is 2.04. The van der Waals surface area contributed by atoms with Crippen molar-refractivity contribution in [1.82, 2.24) is 0 Å². The molecule has 1 heteroatoms. The van der Waals surface area contributed by atoms with Crippen molar-refractivity contribution in [2.75, 3.05) is 0 Å². The Kier molecular flexibility index (Phi) is 3.13. The van der Waals surface area contributed by atoms with E-state index in [4.69, 9.17) is 0 Å². The lowest BCUT2D eigenvalue weighted by molar-refractivity contribution is -0.126. The molecule has 1 saturated carbocycles. The van der Waals surface area contributed by atoms with Crippen LogP contribution in [0.25, 0.3) is 0 Å². The Bertz CT molecular complexity index is 369. The predicted octanol–water partition coefficient (Wildman–Crippen LogP) is 3.69. The molecule has 86 valence electrons. The molecule has 0 spiro atoms. The van der Waals surface area contributed by atoms with Crippen molar-refractivity contribution in [2.24, 2.45) is 5.41 Å². The minimum Gasteiger partial charge on any atom is -0.299 e. The van der Waals surface area contributed by atoms with Crippen LogP contribution in [0.5, 0.6) is 0 Å². The van der Waals surface area contributed by atoms with Crippen molar-refractivity contribution in [3.05, 3.63) is 35.4 Å². The fourth-order valence-electron chi connectivity index (χ4n) is 2.54. The van der Waals surface area contributed by atoms with Crippen molar-refractivity contribution in [2.45, 2.75) is 46.0 Å². The summed E-state index contributed by atoms with van der Waals surface area (Å²) in [4.78, 5) is 12.2. The first-order valence-electron chi connectivity index (χ1n) is 6.19. The number of Topliss-reactive ketones (excluding diaryl/α,β-unsaturated/α-hetero) is 1. The van der Waals surface area contributed by atoms with Gasteiger partial charge in [0.25, 0.3) is 0 Å². The zero-order valence-corrected chi connectivity index (χ0v) is 10.3. The van der Waals surface area contributed by atoms with Gasteiger partial charge in [-0.25, -0.2) is 0 Å². The second kappa shape index (κ2) is 4.40. The fraction of sp³-hybridized carbons (Fsp3) is 0.533. The molecule has 0 heterocycles. The van der Waals surface area contributed by atoms with Crippen molar-refractivity contribution >= 4 is 5.78 Å². The maximum Gasteiger partial charge on any atom is 0.143 e. The van der Waals surface area contributed by atoms with Crippen molar-refractivity contribution in [3.63, 3.8) is 0 Å². The van der Waals surface area contributed by atoms with Gasteiger partial charge in [0.1, 0.15) is 5.78 Å². The standard InChI is InChI=1S/C15H20O/c1-12-5-7-13(8-6-12)11-14(16)15(2)9-3-4-10-15/h5-8H,3-4,9-11H2,1-2H3. The number of carbonyl (C=O) groups excluding carboxylic acids is 1. The lowest BCUT2D eigenvalue weighted by atomic mass is 9.81. The molecule has 1 aromatic rings. The lowest BCUT2D eigenvalue weighted by Gasteiger charge is -2.21. The summed E-state index contributed by atoms with van der Waals surface area (Å²) in [6.07, 6.45) is 5.21. The van der Waals surface area contributed by atoms with Gasteiger partial charge in [-0.15, -0.1) is 0 Å². The summed E-state index contributed by atoms with van der Waals surface area (Å²) in [7, 11) is 0. The quantitative estimate of drug-likeness (QED) is 0.753. The predicted molar refractivity (Wildman–Crippen MR) is 66.5 cm³/mol. The second-order valence-electron chi connectivity index (χ2n) is 5.35. The summed E-state index contributed by atoms with van der Waals surface area (Å²) in [5.74, 6) is 0.425. The van der Waals surface area contributed by atoms with Gasteiger partial charge in [0.15, 0.2) is 0 Å². The Hall–Kier alpha value is -1.11. The van der Waals surface area contributed by atoms with Crippen LogP contribution in [0.3, 0.4) is 0 Å². The minimum absolute atomic E-state index is 0.0368. The molecule has 16 heavy (non-hydrogen) atoms. The largest absolute Gasteiger partial charge is 0.299 e. The topological polar surface area (TPSA) is 17.1 Å². The average molecular weight is 216 g/mol. The van der Waals surface area contributed by atoms with Gasteiger partial charge in [0.05, 0.1) is 0 Å². The van der Waals surface area contributed by atoms with E-state index in [0.29, 0.717) is 12.2 Å². The highest BCUT2D eigenvalue weighted by atomic mass is 16.1. The molecule has 0 aliphatic heterocycles. The molecule has 1 aromatic carbocycles. The highest BCUT2D eigenvalue weighted by molar-refractivity contribution is 5.86. The maximum absolute atomic E-state index is 12.2. The summed E-state index contributed by atoms with van der Waals surface area (Å²) < 4.78 is 0. The summed E-state index contributed by atoms with van der Waals surface area (Å²) >= 11 is 0. The van der Waals surface area contributed by atoms with E-state index in [-0.39, 0.29) is 5.41 Å². The summed E-state index contributed by atoms with van der Waals surface area (Å²) in [5.41, 5.74) is 2.37. The number of aryl methyl sites for hydroxylation is 1. The highest BCUT2D eigenvalue weighted by Gasteiger charge is 2.35. The van der Waals surface area contributed by atoms with E-state index in [1.807, 2.05) is 0 Å². The molecule has 1 nitrogen and oxygen atoms in total. The molecule has 0 N–H and O–H groups in total. The number of hydrogen-bond acceptors (Lipinski definition) is 1. The number of benzene rings is 1. The Morgan fingerprint density at radius 1 is 1.19 bits per heavy atom. The van der Waals surface area contributed by atoms with E-state index >= 15 is 0 Å². The van der Waals surface area contributed by atoms with Gasteiger partial charge in [0, 0.05) is 11.8 Å². The van der Waals surface area contributed by atoms with Crippen LogP contribution in [-0.4, -0.2) is 5.78 Å². The molecule has 1 fully saturated rings. The minimum atomic E-state index is -0.0368. The van der Waals surface area contributed by atoms with Crippen LogP contribution in [-0.2, 0) is 11.2 Å². The SMILES string of the molecule is Cc1ccc(CC(=O)C2(C)CCCC2)cc1. The van der Waals surface area contributed by atoms with Crippen LogP contribution in [0.4, 0.5) is 0 Å². The molecule has 0 amide bonds. The van der Waals surface area contributed by atoms with Gasteiger partial charge >= 0.3 is 0 Å². The summed E-state index contributed by atoms with van der Waals surface area (Å²) in [6.45, 7) is 4.21. The van der Waals surface area contributed by atoms with Crippen molar-refractivity contribution < 1.29 is 4.79 Å². The van der Waals surface area contributed by atoms with Crippen LogP contribution >= 0.6 is 0 Å². The monoisotopic (exact) mass is 216 g/mol. The number of rotatable bonds is 3. The highest BCUT2D eigenvalue weighted by Crippen LogP contribution is 2.39. The molecule has 0 unspecified atom stereocenters. The van der Waals surface area contributed by atoms with E-state index < -0.39 is 0 Å². The normalized spacial score (nSPS) is 18.6. The molecular formula is C15H20O. The van der Waals surface area contributed by atoms with Gasteiger partial charge in [-0.1, -0.05) is 49.6 Å². The van der Waals surface area contributed by atoms with E-state index in [1.54, 1.807) is 0 Å². The van der Waals surface area contributed by atoms with E-state index in [1.165, 1.54) is 18.4 Å². The molecule has 2 rings (SSSR count). The van der Waals surface area contributed by atoms with Crippen LogP contribution in [0.2, 0.25) is 0 Å². The molecule has 0 saturated heterocycles. The molecule has 0 aromatic heterocycles. The van der Waals surface area contributed by atoms with Crippen molar-refractivity contribution in [1.29, 1.82) is 0 Å². The number of carbonyl (C=O) groups is 1. The smallest absolute Gasteiger partial charge is 0.143 e. The first kappa shape index (κ1) is 11.4. The van der Waals surface area contributed by atoms with Gasteiger partial charge in [0.2, 0.25) is 0 Å². The average Bonchev–Trinajstić information content (AvgIpc) is 2.70. The van der Waals surface area contributed by atoms with Crippen LogP contribution < -0.4 is 0 Å². The first-order chi connectivity index (χ1) is 7.60. The third-order valence-corrected chi connectivity index (χ3v) is 3.87. The zero-order valence-electron chi connectivity index (χ0n) is 10.3.